The van der Waals surface area contributed by atoms with Gasteiger partial charge in [0.15, 0.2) is 5.82 Å². The second-order valence-electron chi connectivity index (χ2n) is 12.0. The Hall–Kier alpha value is -4.17. The van der Waals surface area contributed by atoms with Gasteiger partial charge in [-0.25, -0.2) is 4.98 Å². The molecule has 2 N–H and O–H groups in total. The Bertz CT molecular complexity index is 1820. The Morgan fingerprint density at radius 1 is 1.07 bits per heavy atom. The van der Waals surface area contributed by atoms with Gasteiger partial charge in [0.05, 0.1) is 23.8 Å². The summed E-state index contributed by atoms with van der Waals surface area (Å²) in [5, 5.41) is 1.18. The van der Waals surface area contributed by atoms with Crippen molar-refractivity contribution in [2.45, 2.75) is 44.3 Å². The van der Waals surface area contributed by atoms with Gasteiger partial charge < -0.3 is 24.5 Å². The number of fused-ring (bicyclic) bond motifs is 4. The van der Waals surface area contributed by atoms with Crippen LogP contribution < -0.4 is 10.5 Å². The molecular weight excluding hydrogens is 512 g/mol. The summed E-state index contributed by atoms with van der Waals surface area (Å²) in [6.07, 6.45) is 8.33. The molecule has 3 aliphatic rings. The van der Waals surface area contributed by atoms with Gasteiger partial charge in [0.2, 0.25) is 0 Å². The van der Waals surface area contributed by atoms with Crippen LogP contribution in [0.25, 0.3) is 44.6 Å². The first-order chi connectivity index (χ1) is 20.0. The fourth-order valence-electron chi connectivity index (χ4n) is 7.28. The van der Waals surface area contributed by atoms with Crippen molar-refractivity contribution in [1.82, 2.24) is 24.0 Å². The van der Waals surface area contributed by atoms with Crippen molar-refractivity contribution in [1.29, 1.82) is 0 Å². The van der Waals surface area contributed by atoms with E-state index in [1.165, 1.54) is 29.3 Å². The summed E-state index contributed by atoms with van der Waals surface area (Å²) in [4.78, 5) is 25.2. The predicted octanol–water partition coefficient (Wildman–Crippen LogP) is 5.24. The molecule has 4 heterocycles. The van der Waals surface area contributed by atoms with E-state index in [1.54, 1.807) is 7.11 Å². The number of methoxy groups -OCH3 is 1. The molecule has 1 saturated heterocycles. The number of carbonyl (C=O) groups excluding carboxylic acids is 1. The highest BCUT2D eigenvalue weighted by Gasteiger charge is 2.47. The maximum Gasteiger partial charge on any atom is 0.254 e. The van der Waals surface area contributed by atoms with Crippen molar-refractivity contribution < 1.29 is 9.53 Å². The van der Waals surface area contributed by atoms with Gasteiger partial charge in [-0.05, 0) is 61.8 Å². The van der Waals surface area contributed by atoms with Crippen molar-refractivity contribution >= 4 is 27.8 Å². The zero-order valence-electron chi connectivity index (χ0n) is 23.5. The standard InChI is InChI=1S/C33H34N6O2/c1-37-31-25(13-23(15-28(31)41-2)33(40)39-18-22-10-11-26(39)29(22)34)36-32(37)27-14-20-5-3-7-24(21-6-4-12-35-16-21)30(20)38(27)17-19-8-9-19/h3-7,12-16,19,22,26,29H,8-11,17-18,34H2,1-2H3/t22?,26?,29-/m1/s1. The van der Waals surface area contributed by atoms with Crippen molar-refractivity contribution in [2.24, 2.45) is 24.6 Å². The number of nitrogens with two attached hydrogens (primary N) is 1. The maximum atomic E-state index is 13.7. The normalized spacial score (nSPS) is 21.8. The number of likely N-dealkylation sites (tertiary alicyclic amines) is 1. The third-order valence-corrected chi connectivity index (χ3v) is 9.57. The van der Waals surface area contributed by atoms with Crippen LogP contribution in [0.4, 0.5) is 0 Å². The molecule has 8 rings (SSSR count). The smallest absolute Gasteiger partial charge is 0.254 e. The number of ether oxygens (including phenoxy) is 1. The van der Waals surface area contributed by atoms with Crippen LogP contribution in [0.1, 0.15) is 36.0 Å². The van der Waals surface area contributed by atoms with Gasteiger partial charge in [0.25, 0.3) is 5.91 Å². The number of para-hydroxylation sites is 1. The first kappa shape index (κ1) is 24.6. The molecule has 41 heavy (non-hydrogen) atoms. The molecule has 2 bridgehead atoms. The monoisotopic (exact) mass is 546 g/mol. The molecule has 2 unspecified atom stereocenters. The summed E-state index contributed by atoms with van der Waals surface area (Å²) in [6.45, 7) is 1.68. The molecule has 208 valence electrons. The van der Waals surface area contributed by atoms with E-state index >= 15 is 0 Å². The third kappa shape index (κ3) is 3.80. The maximum absolute atomic E-state index is 13.7. The number of aryl methyl sites for hydroxylation is 1. The molecule has 5 aromatic rings. The van der Waals surface area contributed by atoms with E-state index in [-0.39, 0.29) is 18.0 Å². The van der Waals surface area contributed by atoms with E-state index in [2.05, 4.69) is 44.5 Å². The molecule has 2 saturated carbocycles. The molecule has 2 aromatic carbocycles. The molecular formula is C33H34N6O2. The summed E-state index contributed by atoms with van der Waals surface area (Å²) in [5.74, 6) is 2.60. The number of amides is 1. The van der Waals surface area contributed by atoms with Gasteiger partial charge in [-0.3, -0.25) is 9.78 Å². The summed E-state index contributed by atoms with van der Waals surface area (Å²) >= 11 is 0. The zero-order chi connectivity index (χ0) is 27.8. The van der Waals surface area contributed by atoms with Crippen LogP contribution in [-0.4, -0.2) is 55.6 Å². The van der Waals surface area contributed by atoms with E-state index in [1.807, 2.05) is 42.5 Å². The first-order valence-electron chi connectivity index (χ1n) is 14.7. The number of hydrogen-bond acceptors (Lipinski definition) is 5. The number of benzene rings is 2. The minimum Gasteiger partial charge on any atom is -0.494 e. The summed E-state index contributed by atoms with van der Waals surface area (Å²) in [5.41, 5.74) is 13.2. The van der Waals surface area contributed by atoms with Crippen molar-refractivity contribution in [3.05, 3.63) is 66.5 Å². The Kier molecular flexibility index (Phi) is 5.51. The average Bonchev–Trinajstić information content (AvgIpc) is 3.39. The molecule has 0 radical (unpaired) electrons. The van der Waals surface area contributed by atoms with Gasteiger partial charge in [-0.2, -0.15) is 0 Å². The predicted molar refractivity (Wildman–Crippen MR) is 160 cm³/mol. The molecule has 3 atom stereocenters. The Balaban J connectivity index is 1.28. The largest absolute Gasteiger partial charge is 0.494 e. The molecule has 1 aliphatic heterocycles. The Morgan fingerprint density at radius 2 is 1.95 bits per heavy atom. The van der Waals surface area contributed by atoms with Gasteiger partial charge in [-0.1, -0.05) is 24.3 Å². The molecule has 3 fully saturated rings. The van der Waals surface area contributed by atoms with Crippen LogP contribution >= 0.6 is 0 Å². The van der Waals surface area contributed by atoms with Crippen LogP contribution in [0.2, 0.25) is 0 Å². The molecule has 8 heteroatoms. The van der Waals surface area contributed by atoms with E-state index in [0.717, 1.165) is 54.0 Å². The minimum atomic E-state index is 0.0176. The lowest BCUT2D eigenvalue weighted by molar-refractivity contribution is 0.0700. The molecule has 3 aromatic heterocycles. The number of imidazole rings is 1. The third-order valence-electron chi connectivity index (χ3n) is 9.57. The lowest BCUT2D eigenvalue weighted by atomic mass is 10.0. The van der Waals surface area contributed by atoms with E-state index in [4.69, 9.17) is 15.5 Å². The number of pyridine rings is 1. The van der Waals surface area contributed by atoms with E-state index in [9.17, 15) is 4.79 Å². The minimum absolute atomic E-state index is 0.0176. The summed E-state index contributed by atoms with van der Waals surface area (Å²) in [6, 6.07) is 16.8. The van der Waals surface area contributed by atoms with Crippen LogP contribution in [0.5, 0.6) is 5.75 Å². The number of carbonyl (C=O) groups is 1. The first-order valence-corrected chi connectivity index (χ1v) is 14.7. The Labute approximate surface area is 238 Å². The second-order valence-corrected chi connectivity index (χ2v) is 12.0. The van der Waals surface area contributed by atoms with Crippen LogP contribution in [0, 0.1) is 11.8 Å². The molecule has 1 amide bonds. The quantitative estimate of drug-likeness (QED) is 0.315. The van der Waals surface area contributed by atoms with E-state index < -0.39 is 0 Å². The lowest BCUT2D eigenvalue weighted by Crippen LogP contribution is -2.41. The van der Waals surface area contributed by atoms with Crippen LogP contribution in [0.15, 0.2) is 60.9 Å². The second kappa shape index (κ2) is 9.17. The van der Waals surface area contributed by atoms with Crippen LogP contribution in [-0.2, 0) is 13.6 Å². The van der Waals surface area contributed by atoms with Gasteiger partial charge in [0.1, 0.15) is 11.3 Å². The van der Waals surface area contributed by atoms with Gasteiger partial charge in [-0.15, -0.1) is 0 Å². The van der Waals surface area contributed by atoms with E-state index in [0.29, 0.717) is 23.1 Å². The molecule has 8 nitrogen and oxygen atoms in total. The SMILES string of the molecule is COc1cc(C(=O)N2CC3CCC2[C@@H]3N)cc2nc(-c3cc4cccc(-c5cccnc5)c4n3CC3CC3)n(C)c12. The molecule has 0 spiro atoms. The number of piperidine rings is 1. The fourth-order valence-corrected chi connectivity index (χ4v) is 7.28. The highest BCUT2D eigenvalue weighted by atomic mass is 16.5. The fraction of sp³-hybridized carbons (Fsp3) is 0.364. The Morgan fingerprint density at radius 3 is 2.66 bits per heavy atom. The van der Waals surface area contributed by atoms with Crippen LogP contribution in [0.3, 0.4) is 0 Å². The summed E-state index contributed by atoms with van der Waals surface area (Å²) in [7, 11) is 3.70. The van der Waals surface area contributed by atoms with Crippen molar-refractivity contribution in [3.8, 4) is 28.4 Å². The van der Waals surface area contributed by atoms with Crippen molar-refractivity contribution in [3.63, 3.8) is 0 Å². The lowest BCUT2D eigenvalue weighted by Gasteiger charge is -2.27. The number of rotatable bonds is 6. The van der Waals surface area contributed by atoms with Gasteiger partial charge >= 0.3 is 0 Å². The number of aromatic nitrogens is 4. The zero-order valence-corrected chi connectivity index (χ0v) is 23.5. The number of hydrogen-bond donors (Lipinski definition) is 1. The summed E-state index contributed by atoms with van der Waals surface area (Å²) < 4.78 is 10.4. The highest BCUT2D eigenvalue weighted by molar-refractivity contribution is 6.01. The van der Waals surface area contributed by atoms with Gasteiger partial charge in [0, 0.05) is 66.7 Å². The highest BCUT2D eigenvalue weighted by Crippen LogP contribution is 2.41. The van der Waals surface area contributed by atoms with Crippen molar-refractivity contribution in [2.75, 3.05) is 13.7 Å². The number of nitrogens with zero attached hydrogens (tertiary/aromatic N) is 5. The molecule has 2 aliphatic carbocycles. The topological polar surface area (TPSA) is 91.2 Å². The average molecular weight is 547 g/mol.